The van der Waals surface area contributed by atoms with Gasteiger partial charge in [-0.1, -0.05) is 37.1 Å². The minimum atomic E-state index is -3.86. The van der Waals surface area contributed by atoms with E-state index in [0.717, 1.165) is 35.0 Å². The number of imidazole rings is 1. The quantitative estimate of drug-likeness (QED) is 0.550. The fraction of sp³-hybridized carbons (Fsp3) is 0.500. The SMILES string of the molecule is CCCCc1nc(Cl)c(CO)n1Cc1ccc(S(=O)(=O)N(C)C(C)C(=O)OC)cc1. The van der Waals surface area contributed by atoms with Crippen molar-refractivity contribution in [2.24, 2.45) is 0 Å². The lowest BCUT2D eigenvalue weighted by Gasteiger charge is -2.22. The zero-order chi connectivity index (χ0) is 22.5. The Morgan fingerprint density at radius 3 is 2.50 bits per heavy atom. The zero-order valence-corrected chi connectivity index (χ0v) is 19.2. The summed E-state index contributed by atoms with van der Waals surface area (Å²) in [4.78, 5) is 16.1. The van der Waals surface area contributed by atoms with E-state index in [9.17, 15) is 18.3 Å². The van der Waals surface area contributed by atoms with Crippen LogP contribution in [-0.2, 0) is 39.1 Å². The van der Waals surface area contributed by atoms with Crippen LogP contribution < -0.4 is 0 Å². The normalized spacial score (nSPS) is 12.9. The van der Waals surface area contributed by atoms with Crippen molar-refractivity contribution in [3.8, 4) is 0 Å². The van der Waals surface area contributed by atoms with Crippen molar-refractivity contribution < 1.29 is 23.1 Å². The highest BCUT2D eigenvalue weighted by atomic mass is 35.5. The third-order valence-electron chi connectivity index (χ3n) is 5.04. The van der Waals surface area contributed by atoms with Crippen LogP contribution in [0, 0.1) is 0 Å². The number of hydrogen-bond donors (Lipinski definition) is 1. The molecule has 1 aromatic carbocycles. The maximum atomic E-state index is 12.8. The molecule has 0 aliphatic rings. The Morgan fingerprint density at radius 1 is 1.33 bits per heavy atom. The predicted octanol–water partition coefficient (Wildman–Crippen LogP) is 2.60. The minimum Gasteiger partial charge on any atom is -0.468 e. The molecule has 1 atom stereocenters. The van der Waals surface area contributed by atoms with Crippen LogP contribution in [0.5, 0.6) is 0 Å². The summed E-state index contributed by atoms with van der Waals surface area (Å²) in [5.41, 5.74) is 1.37. The summed E-state index contributed by atoms with van der Waals surface area (Å²) in [6.07, 6.45) is 2.68. The van der Waals surface area contributed by atoms with Gasteiger partial charge in [-0.25, -0.2) is 13.4 Å². The van der Waals surface area contributed by atoms with Crippen LogP contribution in [0.4, 0.5) is 0 Å². The Morgan fingerprint density at radius 2 is 1.97 bits per heavy atom. The van der Waals surface area contributed by atoms with E-state index in [1.807, 2.05) is 4.57 Å². The first-order valence-electron chi connectivity index (χ1n) is 9.66. The van der Waals surface area contributed by atoms with Crippen molar-refractivity contribution in [3.05, 3.63) is 46.5 Å². The van der Waals surface area contributed by atoms with Crippen LogP contribution in [0.1, 0.15) is 43.8 Å². The topological polar surface area (TPSA) is 102 Å². The van der Waals surface area contributed by atoms with Gasteiger partial charge in [0.25, 0.3) is 0 Å². The highest BCUT2D eigenvalue weighted by molar-refractivity contribution is 7.89. The molecule has 0 spiro atoms. The Hall–Kier alpha value is -1.94. The van der Waals surface area contributed by atoms with Crippen LogP contribution in [0.15, 0.2) is 29.2 Å². The second-order valence-electron chi connectivity index (χ2n) is 6.98. The van der Waals surface area contributed by atoms with E-state index in [4.69, 9.17) is 11.6 Å². The van der Waals surface area contributed by atoms with Gasteiger partial charge in [0.1, 0.15) is 11.9 Å². The van der Waals surface area contributed by atoms with Crippen molar-refractivity contribution >= 4 is 27.6 Å². The van der Waals surface area contributed by atoms with Gasteiger partial charge in [-0.05, 0) is 31.0 Å². The van der Waals surface area contributed by atoms with Crippen molar-refractivity contribution in [2.75, 3.05) is 14.2 Å². The molecule has 0 saturated carbocycles. The van der Waals surface area contributed by atoms with E-state index < -0.39 is 22.0 Å². The Kier molecular flexibility index (Phi) is 8.42. The van der Waals surface area contributed by atoms with Gasteiger partial charge < -0.3 is 14.4 Å². The number of carbonyl (C=O) groups excluding carboxylic acids is 1. The standard InChI is InChI=1S/C20H28ClN3O5S/c1-5-6-7-18-22-19(21)17(13-25)24(18)12-15-8-10-16(11-9-15)30(27,28)23(3)14(2)20(26)29-4/h8-11,14,25H,5-7,12-13H2,1-4H3. The molecule has 1 heterocycles. The lowest BCUT2D eigenvalue weighted by molar-refractivity contribution is -0.144. The smallest absolute Gasteiger partial charge is 0.323 e. The van der Waals surface area contributed by atoms with Gasteiger partial charge in [0.05, 0.1) is 24.3 Å². The largest absolute Gasteiger partial charge is 0.468 e. The molecule has 8 nitrogen and oxygen atoms in total. The van der Waals surface area contributed by atoms with Gasteiger partial charge in [-0.3, -0.25) is 4.79 Å². The van der Waals surface area contributed by atoms with E-state index in [-0.39, 0.29) is 16.7 Å². The number of aryl methyl sites for hydroxylation is 1. The molecule has 0 radical (unpaired) electrons. The van der Waals surface area contributed by atoms with Crippen LogP contribution in [0.3, 0.4) is 0 Å². The molecule has 0 amide bonds. The Labute approximate surface area is 182 Å². The van der Waals surface area contributed by atoms with E-state index in [0.29, 0.717) is 12.2 Å². The van der Waals surface area contributed by atoms with Gasteiger partial charge in [0.2, 0.25) is 10.0 Å². The number of nitrogens with zero attached hydrogens (tertiary/aromatic N) is 3. The molecule has 2 rings (SSSR count). The molecule has 0 bridgehead atoms. The second-order valence-corrected chi connectivity index (χ2v) is 9.33. The van der Waals surface area contributed by atoms with Gasteiger partial charge in [0.15, 0.2) is 5.15 Å². The molecular weight excluding hydrogens is 430 g/mol. The van der Waals surface area contributed by atoms with Gasteiger partial charge >= 0.3 is 5.97 Å². The summed E-state index contributed by atoms with van der Waals surface area (Å²) in [5.74, 6) is 0.153. The average Bonchev–Trinajstić information content (AvgIpc) is 3.04. The third-order valence-corrected chi connectivity index (χ3v) is 7.28. The number of sulfonamides is 1. The zero-order valence-electron chi connectivity index (χ0n) is 17.6. The van der Waals surface area contributed by atoms with Gasteiger partial charge in [-0.15, -0.1) is 0 Å². The number of aromatic nitrogens is 2. The molecule has 0 aliphatic carbocycles. The number of aliphatic hydroxyl groups excluding tert-OH is 1. The molecule has 30 heavy (non-hydrogen) atoms. The average molecular weight is 458 g/mol. The highest BCUT2D eigenvalue weighted by Gasteiger charge is 2.30. The lowest BCUT2D eigenvalue weighted by Crippen LogP contribution is -2.40. The monoisotopic (exact) mass is 457 g/mol. The van der Waals surface area contributed by atoms with Crippen molar-refractivity contribution in [1.29, 1.82) is 0 Å². The number of hydrogen-bond acceptors (Lipinski definition) is 6. The van der Waals surface area contributed by atoms with E-state index >= 15 is 0 Å². The lowest BCUT2D eigenvalue weighted by atomic mass is 10.2. The molecule has 166 valence electrons. The summed E-state index contributed by atoms with van der Waals surface area (Å²) in [7, 11) is -1.31. The van der Waals surface area contributed by atoms with Crippen LogP contribution >= 0.6 is 11.6 Å². The molecule has 1 aromatic heterocycles. The van der Waals surface area contributed by atoms with Crippen molar-refractivity contribution in [2.45, 2.75) is 57.2 Å². The highest BCUT2D eigenvalue weighted by Crippen LogP contribution is 2.22. The maximum absolute atomic E-state index is 12.8. The number of unbranched alkanes of at least 4 members (excludes halogenated alkanes) is 1. The maximum Gasteiger partial charge on any atom is 0.323 e. The summed E-state index contributed by atoms with van der Waals surface area (Å²) in [5, 5.41) is 9.96. The minimum absolute atomic E-state index is 0.0711. The van der Waals surface area contributed by atoms with Crippen LogP contribution in [0.25, 0.3) is 0 Å². The Bertz CT molecular complexity index is 973. The fourth-order valence-corrected chi connectivity index (χ4v) is 4.59. The Balaban J connectivity index is 2.28. The first-order chi connectivity index (χ1) is 14.2. The molecule has 10 heteroatoms. The number of methoxy groups -OCH3 is 1. The molecule has 1 unspecified atom stereocenters. The third kappa shape index (κ3) is 5.21. The van der Waals surface area contributed by atoms with Crippen LogP contribution in [0.2, 0.25) is 5.15 Å². The number of halogens is 1. The van der Waals surface area contributed by atoms with Gasteiger partial charge in [-0.2, -0.15) is 4.31 Å². The first-order valence-corrected chi connectivity index (χ1v) is 11.5. The second kappa shape index (κ2) is 10.4. The number of rotatable bonds is 10. The summed E-state index contributed by atoms with van der Waals surface area (Å²) >= 11 is 6.17. The molecule has 0 aliphatic heterocycles. The van der Waals surface area contributed by atoms with Crippen molar-refractivity contribution in [3.63, 3.8) is 0 Å². The summed E-state index contributed by atoms with van der Waals surface area (Å²) in [6, 6.07) is 5.44. The number of likely N-dealkylation sites (N-methyl/N-ethyl adjacent to an activating group) is 1. The molecule has 0 saturated heterocycles. The number of carbonyl (C=O) groups is 1. The number of aliphatic hydroxyl groups is 1. The van der Waals surface area contributed by atoms with Crippen molar-refractivity contribution in [1.82, 2.24) is 13.9 Å². The molecule has 2 aromatic rings. The molecular formula is C20H28ClN3O5S. The number of ether oxygens (including phenoxy) is 1. The molecule has 1 N–H and O–H groups in total. The predicted molar refractivity (Wildman–Crippen MR) is 114 cm³/mol. The van der Waals surface area contributed by atoms with E-state index in [1.165, 1.54) is 33.2 Å². The van der Waals surface area contributed by atoms with E-state index in [1.54, 1.807) is 12.1 Å². The summed E-state index contributed by atoms with van der Waals surface area (Å²) in [6.45, 7) is 3.72. The van der Waals surface area contributed by atoms with Crippen LogP contribution in [-0.4, -0.2) is 53.5 Å². The summed E-state index contributed by atoms with van der Waals surface area (Å²) < 4.78 is 33.1. The number of esters is 1. The van der Waals surface area contributed by atoms with Gasteiger partial charge in [0, 0.05) is 20.0 Å². The fourth-order valence-electron chi connectivity index (χ4n) is 3.01. The van der Waals surface area contributed by atoms with E-state index in [2.05, 4.69) is 16.6 Å². The first kappa shape index (κ1) is 24.3. The number of benzene rings is 1. The molecule has 0 fully saturated rings.